The Morgan fingerprint density at radius 1 is 1.14 bits per heavy atom. The van der Waals surface area contributed by atoms with E-state index in [2.05, 4.69) is 13.0 Å². The van der Waals surface area contributed by atoms with Gasteiger partial charge in [0.25, 0.3) is 5.91 Å². The molecule has 0 spiro atoms. The smallest absolute Gasteiger partial charge is 0.266 e. The second kappa shape index (κ2) is 10.6. The van der Waals surface area contributed by atoms with Gasteiger partial charge in [0.1, 0.15) is 21.5 Å². The molecule has 0 aliphatic carbocycles. The zero-order chi connectivity index (χ0) is 25.1. The molecule has 0 bridgehead atoms. The summed E-state index contributed by atoms with van der Waals surface area (Å²) in [4.78, 5) is 15.4. The Labute approximate surface area is 219 Å². The molecule has 0 unspecified atom stereocenters. The van der Waals surface area contributed by atoms with E-state index in [9.17, 15) is 4.79 Å². The van der Waals surface area contributed by atoms with Crippen molar-refractivity contribution >= 4 is 40.3 Å². The number of rotatable bonds is 8. The van der Waals surface area contributed by atoms with Crippen molar-refractivity contribution in [2.24, 2.45) is 0 Å². The van der Waals surface area contributed by atoms with Crippen LogP contribution in [0, 0.1) is 6.92 Å². The van der Waals surface area contributed by atoms with Gasteiger partial charge in [-0.15, -0.1) is 0 Å². The predicted octanol–water partition coefficient (Wildman–Crippen LogP) is 6.63. The molecule has 36 heavy (non-hydrogen) atoms. The number of carbonyl (C=O) groups excluding carboxylic acids is 1. The van der Waals surface area contributed by atoms with E-state index in [1.165, 1.54) is 11.8 Å². The summed E-state index contributed by atoms with van der Waals surface area (Å²) in [5.74, 6) is 1.41. The van der Waals surface area contributed by atoms with Crippen molar-refractivity contribution in [2.75, 3.05) is 6.61 Å². The van der Waals surface area contributed by atoms with E-state index in [4.69, 9.17) is 26.5 Å². The topological polar surface area (TPSA) is 60.5 Å². The van der Waals surface area contributed by atoms with Crippen LogP contribution in [-0.4, -0.2) is 31.5 Å². The minimum Gasteiger partial charge on any atom is -0.493 e. The van der Waals surface area contributed by atoms with E-state index in [1.54, 1.807) is 17.2 Å². The van der Waals surface area contributed by atoms with Gasteiger partial charge < -0.3 is 9.15 Å². The van der Waals surface area contributed by atoms with E-state index >= 15 is 0 Å². The molecule has 2 aromatic heterocycles. The van der Waals surface area contributed by atoms with Crippen LogP contribution in [0.15, 0.2) is 82.4 Å². The lowest BCUT2D eigenvalue weighted by atomic mass is 10.0. The van der Waals surface area contributed by atoms with Gasteiger partial charge in [0.05, 0.1) is 30.0 Å². The minimum absolute atomic E-state index is 0.140. The van der Waals surface area contributed by atoms with E-state index in [0.717, 1.165) is 40.2 Å². The van der Waals surface area contributed by atoms with Crippen molar-refractivity contribution in [1.29, 1.82) is 0 Å². The van der Waals surface area contributed by atoms with Crippen LogP contribution in [0.1, 0.15) is 30.2 Å². The van der Waals surface area contributed by atoms with Gasteiger partial charge >= 0.3 is 0 Å². The van der Waals surface area contributed by atoms with Crippen molar-refractivity contribution in [1.82, 2.24) is 14.7 Å². The Kier molecular flexibility index (Phi) is 7.06. The molecule has 1 saturated heterocycles. The van der Waals surface area contributed by atoms with Crippen molar-refractivity contribution in [3.63, 3.8) is 0 Å². The molecule has 5 rings (SSSR count). The second-order valence-electron chi connectivity index (χ2n) is 8.39. The van der Waals surface area contributed by atoms with Crippen LogP contribution in [0.5, 0.6) is 5.75 Å². The molecule has 2 aromatic carbocycles. The number of hydrogen-bond acceptors (Lipinski definition) is 6. The molecule has 6 nitrogen and oxygen atoms in total. The molecule has 0 N–H and O–H groups in total. The Morgan fingerprint density at radius 3 is 2.69 bits per heavy atom. The number of ether oxygens (including phenoxy) is 1. The molecule has 1 fully saturated rings. The van der Waals surface area contributed by atoms with Crippen LogP contribution >= 0.6 is 24.0 Å². The number of para-hydroxylation sites is 1. The molecule has 1 aliphatic rings. The molecule has 8 heteroatoms. The van der Waals surface area contributed by atoms with E-state index < -0.39 is 0 Å². The van der Waals surface area contributed by atoms with Gasteiger partial charge in [0.2, 0.25) is 0 Å². The summed E-state index contributed by atoms with van der Waals surface area (Å²) in [6.45, 7) is 5.10. The molecule has 0 atom stereocenters. The van der Waals surface area contributed by atoms with Crippen LogP contribution in [0.3, 0.4) is 0 Å². The first kappa shape index (κ1) is 24.1. The Balaban J connectivity index is 1.53. The van der Waals surface area contributed by atoms with Crippen LogP contribution in [0.2, 0.25) is 0 Å². The highest BCUT2D eigenvalue weighted by Crippen LogP contribution is 2.36. The number of amides is 1. The average molecular weight is 516 g/mol. The maximum atomic E-state index is 13.2. The highest BCUT2D eigenvalue weighted by Gasteiger charge is 2.33. The van der Waals surface area contributed by atoms with Gasteiger partial charge in [0.15, 0.2) is 0 Å². The van der Waals surface area contributed by atoms with Gasteiger partial charge in [-0.25, -0.2) is 4.68 Å². The lowest BCUT2D eigenvalue weighted by Gasteiger charge is -2.12. The summed E-state index contributed by atoms with van der Waals surface area (Å²) in [6.07, 6.45) is 6.36. The number of thioether (sulfide) groups is 1. The Hall–Kier alpha value is -3.62. The normalized spacial score (nSPS) is 14.7. The van der Waals surface area contributed by atoms with Crippen molar-refractivity contribution in [3.8, 4) is 22.7 Å². The Bertz CT molecular complexity index is 1430. The van der Waals surface area contributed by atoms with Gasteiger partial charge in [-0.1, -0.05) is 49.1 Å². The second-order valence-corrected chi connectivity index (χ2v) is 10.1. The fourth-order valence-corrected chi connectivity index (χ4v) is 5.18. The fourth-order valence-electron chi connectivity index (χ4n) is 3.94. The molecule has 4 aromatic rings. The third-order valence-electron chi connectivity index (χ3n) is 5.73. The Morgan fingerprint density at radius 2 is 1.97 bits per heavy atom. The summed E-state index contributed by atoms with van der Waals surface area (Å²) < 4.78 is 13.6. The predicted molar refractivity (Wildman–Crippen MR) is 147 cm³/mol. The number of hydrogen-bond donors (Lipinski definition) is 0. The van der Waals surface area contributed by atoms with Gasteiger partial charge in [-0.2, -0.15) is 5.10 Å². The molecule has 0 saturated carbocycles. The number of furan rings is 1. The monoisotopic (exact) mass is 515 g/mol. The van der Waals surface area contributed by atoms with Crippen LogP contribution < -0.4 is 4.74 Å². The molecular formula is C28H25N3O3S2. The summed E-state index contributed by atoms with van der Waals surface area (Å²) in [7, 11) is 0. The number of benzene rings is 2. The first-order valence-electron chi connectivity index (χ1n) is 11.7. The number of carbonyl (C=O) groups is 1. The van der Waals surface area contributed by atoms with Crippen molar-refractivity contribution in [3.05, 3.63) is 94.9 Å². The summed E-state index contributed by atoms with van der Waals surface area (Å²) in [6, 6.07) is 19.6. The first-order valence-corrected chi connectivity index (χ1v) is 12.9. The lowest BCUT2D eigenvalue weighted by Crippen LogP contribution is -2.27. The zero-order valence-corrected chi connectivity index (χ0v) is 21.6. The number of thiocarbonyl (C=S) groups is 1. The van der Waals surface area contributed by atoms with Crippen LogP contribution in [-0.2, 0) is 11.3 Å². The average Bonchev–Trinajstić information content (AvgIpc) is 3.61. The third kappa shape index (κ3) is 5.01. The summed E-state index contributed by atoms with van der Waals surface area (Å²) in [5, 5.41) is 4.90. The summed E-state index contributed by atoms with van der Waals surface area (Å²) in [5.41, 5.74) is 4.52. The molecule has 182 valence electrons. The standard InChI is InChI=1S/C28H25N3O3S2/c1-3-13-34-24-12-11-20(15-19(24)2)26-21(17-31(29-26)22-8-5-4-6-9-22)16-25-27(32)30(28(35)36-25)18-23-10-7-14-33-23/h4-12,14-17H,3,13,18H2,1-2H3/b25-16+. The van der Waals surface area contributed by atoms with Gasteiger partial charge in [-0.3, -0.25) is 9.69 Å². The van der Waals surface area contributed by atoms with Gasteiger partial charge in [-0.05, 0) is 67.4 Å². The highest BCUT2D eigenvalue weighted by atomic mass is 32.2. The summed E-state index contributed by atoms with van der Waals surface area (Å²) >= 11 is 6.80. The molecular weight excluding hydrogens is 490 g/mol. The van der Waals surface area contributed by atoms with Gasteiger partial charge in [0, 0.05) is 17.3 Å². The molecule has 3 heterocycles. The van der Waals surface area contributed by atoms with E-state index in [1.807, 2.05) is 72.4 Å². The maximum absolute atomic E-state index is 13.2. The molecule has 1 aliphatic heterocycles. The maximum Gasteiger partial charge on any atom is 0.266 e. The quantitative estimate of drug-likeness (QED) is 0.194. The SMILES string of the molecule is CCCOc1ccc(-c2nn(-c3ccccc3)cc2/C=C2/SC(=S)N(Cc3ccco3)C2=O)cc1C. The highest BCUT2D eigenvalue weighted by molar-refractivity contribution is 8.26. The number of aromatic nitrogens is 2. The van der Waals surface area contributed by atoms with Crippen molar-refractivity contribution in [2.45, 2.75) is 26.8 Å². The first-order chi connectivity index (χ1) is 17.5. The van der Waals surface area contributed by atoms with Crippen molar-refractivity contribution < 1.29 is 13.9 Å². The fraction of sp³-hybridized carbons (Fsp3) is 0.179. The van der Waals surface area contributed by atoms with Crippen LogP contribution in [0.4, 0.5) is 0 Å². The number of nitrogens with zero attached hydrogens (tertiary/aromatic N) is 3. The molecule has 0 radical (unpaired) electrons. The molecule has 1 amide bonds. The third-order valence-corrected chi connectivity index (χ3v) is 7.11. The van der Waals surface area contributed by atoms with Crippen LogP contribution in [0.25, 0.3) is 23.0 Å². The lowest BCUT2D eigenvalue weighted by molar-refractivity contribution is -0.122. The van der Waals surface area contributed by atoms with E-state index in [0.29, 0.717) is 28.1 Å². The zero-order valence-electron chi connectivity index (χ0n) is 20.0. The minimum atomic E-state index is -0.140. The number of aryl methyl sites for hydroxylation is 1. The van der Waals surface area contributed by atoms with E-state index in [-0.39, 0.29) is 5.91 Å². The largest absolute Gasteiger partial charge is 0.493 e.